The molecule has 1 saturated carbocycles. The Morgan fingerprint density at radius 1 is 1.30 bits per heavy atom. The van der Waals surface area contributed by atoms with Crippen LogP contribution in [-0.2, 0) is 11.2 Å². The van der Waals surface area contributed by atoms with Crippen molar-refractivity contribution in [3.8, 4) is 6.07 Å². The van der Waals surface area contributed by atoms with Gasteiger partial charge in [0.05, 0.1) is 17.7 Å². The number of primary amides is 1. The molecular weight excluding hydrogens is 380 g/mol. The van der Waals surface area contributed by atoms with E-state index in [9.17, 15) is 10.1 Å². The SMILES string of the molecule is COCCc1cccc(Nc2nc(N[C@@H]3CCCC[C@@H]3N)c(C#N)cc2C(N)=O)c1. The van der Waals surface area contributed by atoms with Gasteiger partial charge in [0, 0.05) is 24.9 Å². The third kappa shape index (κ3) is 5.26. The predicted octanol–water partition coefficient (Wildman–Crippen LogP) is 2.67. The fourth-order valence-electron chi connectivity index (χ4n) is 3.67. The van der Waals surface area contributed by atoms with Crippen LogP contribution in [0, 0.1) is 11.3 Å². The first kappa shape index (κ1) is 21.6. The monoisotopic (exact) mass is 408 g/mol. The summed E-state index contributed by atoms with van der Waals surface area (Å²) in [5, 5.41) is 16.1. The average molecular weight is 409 g/mol. The first-order valence-electron chi connectivity index (χ1n) is 10.1. The number of ether oxygens (including phenoxy) is 1. The van der Waals surface area contributed by atoms with Crippen LogP contribution < -0.4 is 22.1 Å². The van der Waals surface area contributed by atoms with Crippen LogP contribution in [0.3, 0.4) is 0 Å². The van der Waals surface area contributed by atoms with E-state index in [1.165, 1.54) is 6.07 Å². The highest BCUT2D eigenvalue weighted by molar-refractivity contribution is 5.99. The van der Waals surface area contributed by atoms with Crippen LogP contribution in [-0.4, -0.2) is 36.7 Å². The number of amides is 1. The number of anilines is 3. The number of pyridine rings is 1. The normalized spacial score (nSPS) is 18.4. The molecule has 0 saturated heterocycles. The summed E-state index contributed by atoms with van der Waals surface area (Å²) in [4.78, 5) is 16.6. The largest absolute Gasteiger partial charge is 0.384 e. The Labute approximate surface area is 176 Å². The zero-order chi connectivity index (χ0) is 21.5. The van der Waals surface area contributed by atoms with Crippen LogP contribution in [0.25, 0.3) is 0 Å². The minimum atomic E-state index is -0.655. The maximum Gasteiger partial charge on any atom is 0.252 e. The van der Waals surface area contributed by atoms with Crippen molar-refractivity contribution >= 4 is 23.2 Å². The molecule has 1 fully saturated rings. The van der Waals surface area contributed by atoms with E-state index in [1.807, 2.05) is 24.3 Å². The molecule has 2 aromatic rings. The lowest BCUT2D eigenvalue weighted by Gasteiger charge is -2.30. The fraction of sp³-hybridized carbons (Fsp3) is 0.409. The minimum Gasteiger partial charge on any atom is -0.384 e. The van der Waals surface area contributed by atoms with E-state index < -0.39 is 5.91 Å². The molecule has 1 heterocycles. The second-order valence-electron chi connectivity index (χ2n) is 7.52. The second-order valence-corrected chi connectivity index (χ2v) is 7.52. The summed E-state index contributed by atoms with van der Waals surface area (Å²) < 4.78 is 5.13. The molecule has 0 aliphatic heterocycles. The van der Waals surface area contributed by atoms with Gasteiger partial charge in [-0.15, -0.1) is 0 Å². The molecule has 6 N–H and O–H groups in total. The molecule has 158 valence electrons. The standard InChI is InChI=1S/C22H28N6O2/c1-30-10-9-14-5-4-6-16(11-14)26-22-17(20(25)29)12-15(13-23)21(28-22)27-19-8-3-2-7-18(19)24/h4-6,11-12,18-19H,2-3,7-10,24H2,1H3,(H2,25,29)(H2,26,27,28)/t18-,19+/m0/s1. The Morgan fingerprint density at radius 2 is 2.10 bits per heavy atom. The second kappa shape index (κ2) is 10.1. The van der Waals surface area contributed by atoms with Crippen molar-refractivity contribution in [2.75, 3.05) is 24.4 Å². The van der Waals surface area contributed by atoms with Crippen LogP contribution in [0.4, 0.5) is 17.3 Å². The van der Waals surface area contributed by atoms with Crippen LogP contribution in [0.15, 0.2) is 30.3 Å². The van der Waals surface area contributed by atoms with Gasteiger partial charge >= 0.3 is 0 Å². The molecule has 8 nitrogen and oxygen atoms in total. The number of hydrogen-bond donors (Lipinski definition) is 4. The van der Waals surface area contributed by atoms with Crippen LogP contribution in [0.5, 0.6) is 0 Å². The summed E-state index contributed by atoms with van der Waals surface area (Å²) in [6.07, 6.45) is 4.78. The highest BCUT2D eigenvalue weighted by Crippen LogP contribution is 2.27. The van der Waals surface area contributed by atoms with Gasteiger partial charge in [0.15, 0.2) is 0 Å². The van der Waals surface area contributed by atoms with Gasteiger partial charge in [0.2, 0.25) is 0 Å². The van der Waals surface area contributed by atoms with Gasteiger partial charge in [-0.25, -0.2) is 4.98 Å². The molecule has 0 spiro atoms. The number of carbonyl (C=O) groups is 1. The summed E-state index contributed by atoms with van der Waals surface area (Å²) in [5.41, 5.74) is 14.1. The van der Waals surface area contributed by atoms with Crippen molar-refractivity contribution < 1.29 is 9.53 Å². The highest BCUT2D eigenvalue weighted by atomic mass is 16.5. The van der Waals surface area contributed by atoms with Gasteiger partial charge in [-0.2, -0.15) is 5.26 Å². The summed E-state index contributed by atoms with van der Waals surface area (Å²) in [5.74, 6) is 0.0538. The molecule has 0 radical (unpaired) electrons. The number of methoxy groups -OCH3 is 1. The maximum atomic E-state index is 12.0. The molecule has 1 aliphatic rings. The molecule has 1 amide bonds. The number of aromatic nitrogens is 1. The molecule has 1 aliphatic carbocycles. The van der Waals surface area contributed by atoms with E-state index in [0.717, 1.165) is 43.4 Å². The molecule has 1 aromatic carbocycles. The van der Waals surface area contributed by atoms with Gasteiger partial charge in [-0.3, -0.25) is 4.79 Å². The van der Waals surface area contributed by atoms with Gasteiger partial charge in [0.1, 0.15) is 17.7 Å². The van der Waals surface area contributed by atoms with E-state index in [1.54, 1.807) is 7.11 Å². The Morgan fingerprint density at radius 3 is 2.80 bits per heavy atom. The lowest BCUT2D eigenvalue weighted by atomic mass is 9.91. The third-order valence-corrected chi connectivity index (χ3v) is 5.33. The number of nitrogens with one attached hydrogen (secondary N) is 2. The average Bonchev–Trinajstić information content (AvgIpc) is 2.74. The van der Waals surface area contributed by atoms with E-state index >= 15 is 0 Å². The van der Waals surface area contributed by atoms with Crippen molar-refractivity contribution in [2.24, 2.45) is 11.5 Å². The number of nitrogens with zero attached hydrogens (tertiary/aromatic N) is 2. The molecule has 8 heteroatoms. The maximum absolute atomic E-state index is 12.0. The van der Waals surface area contributed by atoms with Crippen LogP contribution in [0.2, 0.25) is 0 Å². The topological polar surface area (TPSA) is 139 Å². The highest BCUT2D eigenvalue weighted by Gasteiger charge is 2.24. The van der Waals surface area contributed by atoms with Crippen molar-refractivity contribution in [1.29, 1.82) is 5.26 Å². The number of nitrogens with two attached hydrogens (primary N) is 2. The number of carbonyl (C=O) groups excluding carboxylic acids is 1. The first-order chi connectivity index (χ1) is 14.5. The summed E-state index contributed by atoms with van der Waals surface area (Å²) in [6.45, 7) is 0.612. The van der Waals surface area contributed by atoms with Gasteiger partial charge in [-0.1, -0.05) is 25.0 Å². The molecule has 3 rings (SSSR count). The zero-order valence-corrected chi connectivity index (χ0v) is 17.1. The molecular formula is C22H28N6O2. The van der Waals surface area contributed by atoms with Crippen LogP contribution in [0.1, 0.15) is 47.2 Å². The lowest BCUT2D eigenvalue weighted by molar-refractivity contribution is 0.100. The zero-order valence-electron chi connectivity index (χ0n) is 17.1. The number of hydrogen-bond acceptors (Lipinski definition) is 7. The van der Waals surface area contributed by atoms with E-state index in [2.05, 4.69) is 21.7 Å². The Hall–Kier alpha value is -3.15. The predicted molar refractivity (Wildman–Crippen MR) is 117 cm³/mol. The van der Waals surface area contributed by atoms with Crippen molar-refractivity contribution in [2.45, 2.75) is 44.2 Å². The number of benzene rings is 1. The Balaban J connectivity index is 1.92. The van der Waals surface area contributed by atoms with Crippen molar-refractivity contribution in [1.82, 2.24) is 4.98 Å². The molecule has 2 atom stereocenters. The minimum absolute atomic E-state index is 0.00298. The van der Waals surface area contributed by atoms with Crippen molar-refractivity contribution in [3.63, 3.8) is 0 Å². The lowest BCUT2D eigenvalue weighted by Crippen LogP contribution is -2.43. The number of nitriles is 1. The third-order valence-electron chi connectivity index (χ3n) is 5.33. The molecule has 30 heavy (non-hydrogen) atoms. The summed E-state index contributed by atoms with van der Waals surface area (Å²) >= 11 is 0. The van der Waals surface area contributed by atoms with E-state index in [4.69, 9.17) is 16.2 Å². The Kier molecular flexibility index (Phi) is 7.22. The Bertz CT molecular complexity index is 940. The van der Waals surface area contributed by atoms with Gasteiger partial charge in [-0.05, 0) is 43.0 Å². The number of rotatable bonds is 8. The van der Waals surface area contributed by atoms with Gasteiger partial charge < -0.3 is 26.8 Å². The smallest absolute Gasteiger partial charge is 0.252 e. The summed E-state index contributed by atoms with van der Waals surface area (Å²) in [7, 11) is 1.66. The molecule has 1 aromatic heterocycles. The quantitative estimate of drug-likeness (QED) is 0.526. The van der Waals surface area contributed by atoms with Crippen molar-refractivity contribution in [3.05, 3.63) is 47.0 Å². The first-order valence-corrected chi connectivity index (χ1v) is 10.1. The molecule has 0 unspecified atom stereocenters. The molecule has 0 bridgehead atoms. The summed E-state index contributed by atoms with van der Waals surface area (Å²) in [6, 6.07) is 11.4. The van der Waals surface area contributed by atoms with E-state index in [0.29, 0.717) is 18.2 Å². The van der Waals surface area contributed by atoms with Gasteiger partial charge in [0.25, 0.3) is 5.91 Å². The fourth-order valence-corrected chi connectivity index (χ4v) is 3.67. The van der Waals surface area contributed by atoms with Crippen LogP contribution >= 0.6 is 0 Å². The van der Waals surface area contributed by atoms with E-state index in [-0.39, 0.29) is 23.2 Å².